The summed E-state index contributed by atoms with van der Waals surface area (Å²) in [6.07, 6.45) is 0. The fraction of sp³-hybridized carbons (Fsp3) is 0.107. The van der Waals surface area contributed by atoms with Gasteiger partial charge >= 0.3 is 5.63 Å². The SMILES string of the molecule is COc1ccc(C2c3c(c4ccccc4oc3=O)Nc3ccc4ccccc4c32)cc1OC. The molecule has 0 radical (unpaired) electrons. The van der Waals surface area contributed by atoms with Crippen molar-refractivity contribution in [3.8, 4) is 11.5 Å². The summed E-state index contributed by atoms with van der Waals surface area (Å²) in [5.41, 5.74) is 4.51. The minimum absolute atomic E-state index is 0.344. The van der Waals surface area contributed by atoms with Crippen molar-refractivity contribution in [3.63, 3.8) is 0 Å². The predicted molar refractivity (Wildman–Crippen MR) is 130 cm³/mol. The maximum absolute atomic E-state index is 13.4. The Kier molecular flexibility index (Phi) is 4.37. The average Bonchev–Trinajstić information content (AvgIpc) is 2.87. The van der Waals surface area contributed by atoms with Crippen LogP contribution in [0.15, 0.2) is 88.1 Å². The van der Waals surface area contributed by atoms with Crippen molar-refractivity contribution < 1.29 is 13.9 Å². The van der Waals surface area contributed by atoms with Crippen molar-refractivity contribution in [2.75, 3.05) is 19.5 Å². The summed E-state index contributed by atoms with van der Waals surface area (Å²) < 4.78 is 16.8. The van der Waals surface area contributed by atoms with E-state index in [-0.39, 0.29) is 11.5 Å². The second-order valence-corrected chi connectivity index (χ2v) is 8.09. The van der Waals surface area contributed by atoms with E-state index in [4.69, 9.17) is 13.9 Å². The topological polar surface area (TPSA) is 60.7 Å². The second kappa shape index (κ2) is 7.41. The van der Waals surface area contributed by atoms with Crippen LogP contribution >= 0.6 is 0 Å². The van der Waals surface area contributed by atoms with Gasteiger partial charge in [-0.3, -0.25) is 0 Å². The zero-order chi connectivity index (χ0) is 22.5. The molecule has 1 aromatic heterocycles. The fourth-order valence-corrected chi connectivity index (χ4v) is 4.92. The third-order valence-electron chi connectivity index (χ3n) is 6.40. The Morgan fingerprint density at radius 1 is 0.788 bits per heavy atom. The minimum atomic E-state index is -0.352. The third kappa shape index (κ3) is 2.89. The van der Waals surface area contributed by atoms with Gasteiger partial charge in [0.05, 0.1) is 25.5 Å². The van der Waals surface area contributed by atoms with Crippen LogP contribution in [0.3, 0.4) is 0 Å². The number of fused-ring (bicyclic) bond motifs is 6. The Morgan fingerprint density at radius 2 is 1.55 bits per heavy atom. The van der Waals surface area contributed by atoms with Gasteiger partial charge in [0.15, 0.2) is 11.5 Å². The van der Waals surface area contributed by atoms with Gasteiger partial charge in [-0.05, 0) is 52.2 Å². The molecule has 0 aliphatic carbocycles. The zero-order valence-corrected chi connectivity index (χ0v) is 18.2. The first-order valence-electron chi connectivity index (χ1n) is 10.8. The number of ether oxygens (including phenoxy) is 2. The van der Waals surface area contributed by atoms with Crippen LogP contribution in [0.4, 0.5) is 11.4 Å². The molecular weight excluding hydrogens is 414 g/mol. The highest BCUT2D eigenvalue weighted by Gasteiger charge is 2.34. The van der Waals surface area contributed by atoms with E-state index in [0.29, 0.717) is 22.6 Å². The van der Waals surface area contributed by atoms with Gasteiger partial charge in [0.25, 0.3) is 0 Å². The van der Waals surface area contributed by atoms with E-state index in [1.165, 1.54) is 0 Å². The predicted octanol–water partition coefficient (Wildman–Crippen LogP) is 6.20. The van der Waals surface area contributed by atoms with Gasteiger partial charge in [-0.25, -0.2) is 4.79 Å². The maximum atomic E-state index is 13.4. The first kappa shape index (κ1) is 19.4. The Morgan fingerprint density at radius 3 is 2.36 bits per heavy atom. The largest absolute Gasteiger partial charge is 0.493 e. The molecule has 0 saturated heterocycles. The van der Waals surface area contributed by atoms with Crippen LogP contribution in [-0.4, -0.2) is 14.2 Å². The lowest BCUT2D eigenvalue weighted by atomic mass is 9.79. The smallest absolute Gasteiger partial charge is 0.342 e. The van der Waals surface area contributed by atoms with Gasteiger partial charge in [0, 0.05) is 17.0 Å². The van der Waals surface area contributed by atoms with Crippen molar-refractivity contribution in [2.24, 2.45) is 0 Å². The van der Waals surface area contributed by atoms with Crippen LogP contribution < -0.4 is 20.4 Å². The lowest BCUT2D eigenvalue weighted by Gasteiger charge is -2.31. The zero-order valence-electron chi connectivity index (χ0n) is 18.2. The van der Waals surface area contributed by atoms with Crippen molar-refractivity contribution >= 4 is 33.1 Å². The van der Waals surface area contributed by atoms with Crippen LogP contribution in [0.25, 0.3) is 21.7 Å². The molecule has 2 heterocycles. The van der Waals surface area contributed by atoms with Crippen LogP contribution in [0.1, 0.15) is 22.6 Å². The summed E-state index contributed by atoms with van der Waals surface area (Å²) in [5.74, 6) is 0.907. The normalized spacial score (nSPS) is 14.4. The molecule has 0 spiro atoms. The van der Waals surface area contributed by atoms with E-state index in [2.05, 4.69) is 29.6 Å². The van der Waals surface area contributed by atoms with Gasteiger partial charge in [-0.1, -0.05) is 48.5 Å². The number of methoxy groups -OCH3 is 2. The summed E-state index contributed by atoms with van der Waals surface area (Å²) in [4.78, 5) is 13.4. The molecule has 1 unspecified atom stereocenters. The van der Waals surface area contributed by atoms with Gasteiger partial charge in [0.2, 0.25) is 0 Å². The first-order chi connectivity index (χ1) is 16.2. The lowest BCUT2D eigenvalue weighted by molar-refractivity contribution is 0.354. The summed E-state index contributed by atoms with van der Waals surface area (Å²) in [6, 6.07) is 25.8. The van der Waals surface area contributed by atoms with Crippen molar-refractivity contribution in [1.29, 1.82) is 0 Å². The number of hydrogen-bond acceptors (Lipinski definition) is 5. The van der Waals surface area contributed by atoms with E-state index in [9.17, 15) is 4.79 Å². The van der Waals surface area contributed by atoms with E-state index < -0.39 is 0 Å². The summed E-state index contributed by atoms with van der Waals surface area (Å²) in [5, 5.41) is 6.62. The van der Waals surface area contributed by atoms with Crippen molar-refractivity contribution in [1.82, 2.24) is 0 Å². The number of nitrogens with one attached hydrogen (secondary N) is 1. The number of benzene rings is 4. The van der Waals surface area contributed by atoms with Crippen molar-refractivity contribution in [2.45, 2.75) is 5.92 Å². The highest BCUT2D eigenvalue weighted by molar-refractivity contribution is 6.00. The molecule has 1 atom stereocenters. The quantitative estimate of drug-likeness (QED) is 0.335. The molecule has 33 heavy (non-hydrogen) atoms. The Labute approximate surface area is 190 Å². The third-order valence-corrected chi connectivity index (χ3v) is 6.40. The standard InChI is InChI=1S/C28H21NO4/c1-31-22-14-12-17(15-23(22)32-2)24-25-18-8-4-3-7-16(18)11-13-20(25)29-27-19-9-5-6-10-21(19)33-28(30)26(24)27/h3-15,24,29H,1-2H3. The monoisotopic (exact) mass is 435 g/mol. The van der Waals surface area contributed by atoms with Gasteiger partial charge < -0.3 is 19.2 Å². The second-order valence-electron chi connectivity index (χ2n) is 8.09. The van der Waals surface area contributed by atoms with Crippen LogP contribution in [0.5, 0.6) is 11.5 Å². The summed E-state index contributed by atoms with van der Waals surface area (Å²) >= 11 is 0. The van der Waals surface area contributed by atoms with E-state index in [1.807, 2.05) is 54.6 Å². The average molecular weight is 435 g/mol. The molecule has 6 rings (SSSR count). The van der Waals surface area contributed by atoms with Crippen molar-refractivity contribution in [3.05, 3.63) is 106 Å². The van der Waals surface area contributed by atoms with E-state index in [1.54, 1.807) is 14.2 Å². The van der Waals surface area contributed by atoms with Gasteiger partial charge in [0.1, 0.15) is 5.58 Å². The highest BCUT2D eigenvalue weighted by atomic mass is 16.5. The number of rotatable bonds is 3. The molecule has 4 aromatic carbocycles. The minimum Gasteiger partial charge on any atom is -0.493 e. The summed E-state index contributed by atoms with van der Waals surface area (Å²) in [7, 11) is 3.23. The molecule has 0 fully saturated rings. The van der Waals surface area contributed by atoms with Crippen LogP contribution in [0, 0.1) is 0 Å². The van der Waals surface area contributed by atoms with Crippen LogP contribution in [-0.2, 0) is 0 Å². The molecule has 0 bridgehead atoms. The van der Waals surface area contributed by atoms with Crippen LogP contribution in [0.2, 0.25) is 0 Å². The number of para-hydroxylation sites is 1. The molecule has 5 aromatic rings. The first-order valence-corrected chi connectivity index (χ1v) is 10.8. The molecule has 5 nitrogen and oxygen atoms in total. The number of anilines is 2. The molecule has 1 aliphatic heterocycles. The highest BCUT2D eigenvalue weighted by Crippen LogP contribution is 2.49. The lowest BCUT2D eigenvalue weighted by Crippen LogP contribution is -2.22. The molecule has 1 aliphatic rings. The Hall–Kier alpha value is -4.25. The van der Waals surface area contributed by atoms with Gasteiger partial charge in [-0.15, -0.1) is 0 Å². The molecule has 1 N–H and O–H groups in total. The maximum Gasteiger partial charge on any atom is 0.342 e. The molecule has 0 amide bonds. The Bertz CT molecular complexity index is 1600. The molecular formula is C28H21NO4. The number of hydrogen-bond donors (Lipinski definition) is 1. The molecule has 5 heteroatoms. The Balaban J connectivity index is 1.73. The summed E-state index contributed by atoms with van der Waals surface area (Å²) in [6.45, 7) is 0. The van der Waals surface area contributed by atoms with E-state index in [0.717, 1.165) is 38.7 Å². The molecule has 0 saturated carbocycles. The van der Waals surface area contributed by atoms with E-state index >= 15 is 0 Å². The molecule has 162 valence electrons. The van der Waals surface area contributed by atoms with Gasteiger partial charge in [-0.2, -0.15) is 0 Å². The fourth-order valence-electron chi connectivity index (χ4n) is 4.92.